The summed E-state index contributed by atoms with van der Waals surface area (Å²) in [6.45, 7) is 2.13. The minimum absolute atomic E-state index is 0.186. The number of hydrogen-bond acceptors (Lipinski definition) is 5. The number of nitro groups is 1. The molecule has 0 bridgehead atoms. The second-order valence-corrected chi connectivity index (χ2v) is 4.47. The van der Waals surface area contributed by atoms with Gasteiger partial charge in [-0.25, -0.2) is 9.07 Å². The van der Waals surface area contributed by atoms with Crippen molar-refractivity contribution in [2.75, 3.05) is 12.4 Å². The van der Waals surface area contributed by atoms with Gasteiger partial charge in [-0.3, -0.25) is 10.1 Å². The summed E-state index contributed by atoms with van der Waals surface area (Å²) in [6, 6.07) is 3.47. The van der Waals surface area contributed by atoms with Crippen LogP contribution >= 0.6 is 0 Å². The van der Waals surface area contributed by atoms with Gasteiger partial charge in [0, 0.05) is 19.7 Å². The number of rotatable bonds is 5. The lowest BCUT2D eigenvalue weighted by Gasteiger charge is -2.09. The highest BCUT2D eigenvalue weighted by Crippen LogP contribution is 2.24. The van der Waals surface area contributed by atoms with Crippen LogP contribution in [0, 0.1) is 22.9 Å². The third kappa shape index (κ3) is 2.93. The Morgan fingerprint density at radius 1 is 1.52 bits per heavy atom. The van der Waals surface area contributed by atoms with Crippen molar-refractivity contribution in [2.45, 2.75) is 13.5 Å². The van der Waals surface area contributed by atoms with Crippen molar-refractivity contribution in [2.24, 2.45) is 7.05 Å². The molecule has 7 nitrogen and oxygen atoms in total. The summed E-state index contributed by atoms with van der Waals surface area (Å²) < 4.78 is 20.6. The molecule has 2 aromatic rings. The van der Waals surface area contributed by atoms with Crippen LogP contribution in [-0.2, 0) is 13.6 Å². The van der Waals surface area contributed by atoms with E-state index >= 15 is 0 Å². The van der Waals surface area contributed by atoms with Crippen molar-refractivity contribution in [3.8, 4) is 5.88 Å². The van der Waals surface area contributed by atoms with Gasteiger partial charge in [-0.1, -0.05) is 0 Å². The number of ether oxygens (including phenoxy) is 1. The number of hydrogen-bond donors (Lipinski definition) is 1. The molecule has 0 aliphatic heterocycles. The molecule has 8 heteroatoms. The summed E-state index contributed by atoms with van der Waals surface area (Å²) in [5.74, 6) is -0.0907. The molecule has 1 N–H and O–H groups in total. The number of nitrogens with zero attached hydrogens (tertiary/aromatic N) is 3. The van der Waals surface area contributed by atoms with Crippen molar-refractivity contribution in [3.05, 3.63) is 45.4 Å². The molecule has 0 atom stereocenters. The zero-order chi connectivity index (χ0) is 15.6. The van der Waals surface area contributed by atoms with Gasteiger partial charge in [0.2, 0.25) is 5.88 Å². The first-order chi connectivity index (χ1) is 9.93. The molecule has 1 heterocycles. The molecule has 1 aromatic carbocycles. The van der Waals surface area contributed by atoms with Crippen LogP contribution in [0.5, 0.6) is 5.88 Å². The van der Waals surface area contributed by atoms with Gasteiger partial charge in [0.25, 0.3) is 5.69 Å². The summed E-state index contributed by atoms with van der Waals surface area (Å²) in [5.41, 5.74) is 1.47. The van der Waals surface area contributed by atoms with Crippen molar-refractivity contribution >= 4 is 11.4 Å². The molecule has 2 rings (SSSR count). The highest BCUT2D eigenvalue weighted by atomic mass is 19.1. The van der Waals surface area contributed by atoms with E-state index in [0.717, 1.165) is 17.3 Å². The largest absolute Gasteiger partial charge is 0.481 e. The number of methoxy groups -OCH3 is 1. The average molecular weight is 294 g/mol. The maximum Gasteiger partial charge on any atom is 0.272 e. The van der Waals surface area contributed by atoms with Crippen LogP contribution in [0.1, 0.15) is 11.3 Å². The molecule has 21 heavy (non-hydrogen) atoms. The standard InChI is InChI=1S/C13H15FN4O3/c1-8-10(13(21-3)17(2)16-8)7-15-12-5-4-9(18(19)20)6-11(12)14/h4-6,15H,7H2,1-3H3. The molecule has 1 aromatic heterocycles. The molecular formula is C13H15FN4O3. The fraction of sp³-hybridized carbons (Fsp3) is 0.308. The number of halogens is 1. The van der Waals surface area contributed by atoms with Crippen molar-refractivity contribution in [3.63, 3.8) is 0 Å². The molecular weight excluding hydrogens is 279 g/mol. The van der Waals surface area contributed by atoms with Crippen LogP contribution in [0.15, 0.2) is 18.2 Å². The third-order valence-corrected chi connectivity index (χ3v) is 3.10. The van der Waals surface area contributed by atoms with E-state index in [-0.39, 0.29) is 11.4 Å². The van der Waals surface area contributed by atoms with E-state index in [1.54, 1.807) is 11.7 Å². The number of nitro benzene ring substituents is 1. The van der Waals surface area contributed by atoms with E-state index in [1.807, 2.05) is 6.92 Å². The van der Waals surface area contributed by atoms with E-state index in [9.17, 15) is 14.5 Å². The van der Waals surface area contributed by atoms with E-state index in [0.29, 0.717) is 12.4 Å². The predicted octanol–water partition coefficient (Wildman–Crippen LogP) is 2.40. The monoisotopic (exact) mass is 294 g/mol. The molecule has 0 spiro atoms. The van der Waals surface area contributed by atoms with Crippen LogP contribution in [-0.4, -0.2) is 21.8 Å². The van der Waals surface area contributed by atoms with Crippen LogP contribution in [0.4, 0.5) is 15.8 Å². The van der Waals surface area contributed by atoms with Gasteiger partial charge < -0.3 is 10.1 Å². The van der Waals surface area contributed by atoms with Crippen molar-refractivity contribution in [1.29, 1.82) is 0 Å². The Hall–Kier alpha value is -2.64. The van der Waals surface area contributed by atoms with Crippen molar-refractivity contribution < 1.29 is 14.1 Å². The van der Waals surface area contributed by atoms with Crippen LogP contribution in [0.3, 0.4) is 0 Å². The SMILES string of the molecule is COc1c(CNc2ccc([N+](=O)[O-])cc2F)c(C)nn1C. The maximum absolute atomic E-state index is 13.8. The number of benzene rings is 1. The normalized spacial score (nSPS) is 10.5. The number of aryl methyl sites for hydroxylation is 2. The third-order valence-electron chi connectivity index (χ3n) is 3.10. The smallest absolute Gasteiger partial charge is 0.272 e. The van der Waals surface area contributed by atoms with E-state index < -0.39 is 10.7 Å². The van der Waals surface area contributed by atoms with Crippen LogP contribution in [0.2, 0.25) is 0 Å². The lowest BCUT2D eigenvalue weighted by Crippen LogP contribution is -2.04. The quantitative estimate of drug-likeness (QED) is 0.676. The molecule has 0 saturated carbocycles. The number of aromatic nitrogens is 2. The van der Waals surface area contributed by atoms with Crippen LogP contribution < -0.4 is 10.1 Å². The lowest BCUT2D eigenvalue weighted by molar-refractivity contribution is -0.385. The highest BCUT2D eigenvalue weighted by Gasteiger charge is 2.15. The molecule has 0 fully saturated rings. The summed E-state index contributed by atoms with van der Waals surface area (Å²) in [7, 11) is 3.29. The molecule has 0 aliphatic carbocycles. The average Bonchev–Trinajstić information content (AvgIpc) is 2.70. The maximum atomic E-state index is 13.8. The predicted molar refractivity (Wildman–Crippen MR) is 74.9 cm³/mol. The lowest BCUT2D eigenvalue weighted by atomic mass is 10.2. The van der Waals surface area contributed by atoms with Gasteiger partial charge in [0.15, 0.2) is 5.82 Å². The first-order valence-electron chi connectivity index (χ1n) is 6.18. The van der Waals surface area contributed by atoms with Gasteiger partial charge in [0.05, 0.1) is 35.0 Å². The Kier molecular flexibility index (Phi) is 4.06. The molecule has 0 amide bonds. The minimum atomic E-state index is -0.676. The molecule has 0 saturated heterocycles. The second kappa shape index (κ2) is 5.78. The van der Waals surface area contributed by atoms with Gasteiger partial charge in [-0.2, -0.15) is 5.10 Å². The Bertz CT molecular complexity index is 684. The van der Waals surface area contributed by atoms with Crippen molar-refractivity contribution in [1.82, 2.24) is 9.78 Å². The van der Waals surface area contributed by atoms with Gasteiger partial charge in [0.1, 0.15) is 0 Å². The van der Waals surface area contributed by atoms with E-state index in [2.05, 4.69) is 10.4 Å². The molecule has 0 aliphatic rings. The molecule has 0 radical (unpaired) electrons. The molecule has 112 valence electrons. The topological polar surface area (TPSA) is 82.2 Å². The molecule has 0 unspecified atom stereocenters. The summed E-state index contributed by atoms with van der Waals surface area (Å²) >= 11 is 0. The first-order valence-corrected chi connectivity index (χ1v) is 6.18. The zero-order valence-electron chi connectivity index (χ0n) is 11.9. The summed E-state index contributed by atoms with van der Waals surface area (Å²) in [5, 5.41) is 17.7. The zero-order valence-corrected chi connectivity index (χ0v) is 11.9. The second-order valence-electron chi connectivity index (χ2n) is 4.47. The Balaban J connectivity index is 2.19. The van der Waals surface area contributed by atoms with Gasteiger partial charge >= 0.3 is 0 Å². The minimum Gasteiger partial charge on any atom is -0.481 e. The number of non-ortho nitro benzene ring substituents is 1. The highest BCUT2D eigenvalue weighted by molar-refractivity contribution is 5.51. The van der Waals surface area contributed by atoms with Gasteiger partial charge in [-0.15, -0.1) is 0 Å². The van der Waals surface area contributed by atoms with Crippen LogP contribution in [0.25, 0.3) is 0 Å². The fourth-order valence-corrected chi connectivity index (χ4v) is 2.08. The fourth-order valence-electron chi connectivity index (χ4n) is 2.08. The Labute approximate surface area is 120 Å². The van der Waals surface area contributed by atoms with Gasteiger partial charge in [-0.05, 0) is 13.0 Å². The Morgan fingerprint density at radius 3 is 2.81 bits per heavy atom. The van der Waals surface area contributed by atoms with E-state index in [4.69, 9.17) is 4.74 Å². The number of nitrogens with one attached hydrogen (secondary N) is 1. The summed E-state index contributed by atoms with van der Waals surface area (Å²) in [4.78, 5) is 9.93. The Morgan fingerprint density at radius 2 is 2.24 bits per heavy atom. The number of anilines is 1. The first kappa shape index (κ1) is 14.8. The summed E-state index contributed by atoms with van der Waals surface area (Å²) in [6.07, 6.45) is 0. The van der Waals surface area contributed by atoms with E-state index in [1.165, 1.54) is 19.2 Å².